The first-order valence-corrected chi connectivity index (χ1v) is 10.4. The van der Waals surface area contributed by atoms with Crippen LogP contribution in [-0.2, 0) is 22.6 Å². The Balaban J connectivity index is 1.29. The van der Waals surface area contributed by atoms with E-state index < -0.39 is 0 Å². The highest BCUT2D eigenvalue weighted by atomic mass is 32.1. The van der Waals surface area contributed by atoms with E-state index in [1.54, 1.807) is 11.3 Å². The third-order valence-corrected chi connectivity index (χ3v) is 6.12. The molecule has 0 unspecified atom stereocenters. The quantitative estimate of drug-likeness (QED) is 0.700. The Kier molecular flexibility index (Phi) is 5.87. The van der Waals surface area contributed by atoms with Crippen LogP contribution in [0.5, 0.6) is 0 Å². The van der Waals surface area contributed by atoms with Crippen LogP contribution in [0.1, 0.15) is 36.6 Å². The highest BCUT2D eigenvalue weighted by Crippen LogP contribution is 2.26. The first-order valence-electron chi connectivity index (χ1n) is 9.43. The number of thiophene rings is 1. The average Bonchev–Trinajstić information content (AvgIpc) is 3.31. The Morgan fingerprint density at radius 3 is 3.00 bits per heavy atom. The molecule has 4 rings (SSSR count). The van der Waals surface area contributed by atoms with Gasteiger partial charge in [-0.2, -0.15) is 11.3 Å². The van der Waals surface area contributed by atoms with E-state index in [1.807, 2.05) is 0 Å². The number of rotatable bonds is 7. The van der Waals surface area contributed by atoms with Gasteiger partial charge in [-0.3, -0.25) is 4.90 Å². The van der Waals surface area contributed by atoms with Crippen LogP contribution in [0.3, 0.4) is 0 Å². The van der Waals surface area contributed by atoms with Crippen molar-refractivity contribution in [1.29, 1.82) is 0 Å². The molecule has 136 valence electrons. The minimum atomic E-state index is 0.520. The second kappa shape index (κ2) is 8.49. The summed E-state index contributed by atoms with van der Waals surface area (Å²) in [4.78, 5) is 2.57. The van der Waals surface area contributed by atoms with Crippen molar-refractivity contribution in [1.82, 2.24) is 9.47 Å². The summed E-state index contributed by atoms with van der Waals surface area (Å²) in [6, 6.07) is 7.20. The standard InChI is InChI=1S/C20H28N2O2S/c1-2-19-13-21(12-18-6-11-25-16-18)14-20(22(19)7-1)5-10-24-15-17-3-8-23-9-4-17/h1-2,6-7,11,16-17,20H,3-5,8-10,12-15H2/t20-/m1/s1. The minimum Gasteiger partial charge on any atom is -0.381 e. The van der Waals surface area contributed by atoms with Crippen LogP contribution in [0.4, 0.5) is 0 Å². The van der Waals surface area contributed by atoms with E-state index >= 15 is 0 Å². The zero-order valence-corrected chi connectivity index (χ0v) is 15.6. The van der Waals surface area contributed by atoms with Crippen molar-refractivity contribution in [3.8, 4) is 0 Å². The maximum absolute atomic E-state index is 6.02. The lowest BCUT2D eigenvalue weighted by Crippen LogP contribution is -2.37. The van der Waals surface area contributed by atoms with Gasteiger partial charge in [-0.1, -0.05) is 0 Å². The summed E-state index contributed by atoms with van der Waals surface area (Å²) in [5.41, 5.74) is 2.86. The molecule has 4 heterocycles. The molecule has 2 aromatic rings. The smallest absolute Gasteiger partial charge is 0.0495 e. The van der Waals surface area contributed by atoms with Gasteiger partial charge >= 0.3 is 0 Å². The molecule has 0 radical (unpaired) electrons. The van der Waals surface area contributed by atoms with Gasteiger partial charge in [0, 0.05) is 64.0 Å². The Bertz CT molecular complexity index is 634. The molecule has 1 saturated heterocycles. The van der Waals surface area contributed by atoms with E-state index in [0.717, 1.165) is 65.3 Å². The summed E-state index contributed by atoms with van der Waals surface area (Å²) in [6.45, 7) is 6.76. The molecule has 1 fully saturated rings. The molecule has 0 aromatic carbocycles. The van der Waals surface area contributed by atoms with Gasteiger partial charge in [-0.05, 0) is 59.7 Å². The lowest BCUT2D eigenvalue weighted by Gasteiger charge is -2.35. The number of nitrogens with zero attached hydrogens (tertiary/aromatic N) is 2. The lowest BCUT2D eigenvalue weighted by molar-refractivity contribution is 0.0160. The fourth-order valence-electron chi connectivity index (χ4n) is 3.97. The predicted octanol–water partition coefficient (Wildman–Crippen LogP) is 3.94. The normalized spacial score (nSPS) is 22.2. The molecule has 1 atom stereocenters. The molecule has 0 bridgehead atoms. The molecular weight excluding hydrogens is 332 g/mol. The van der Waals surface area contributed by atoms with Gasteiger partial charge < -0.3 is 14.0 Å². The molecule has 2 aliphatic heterocycles. The van der Waals surface area contributed by atoms with E-state index in [0.29, 0.717) is 12.0 Å². The van der Waals surface area contributed by atoms with Crippen molar-refractivity contribution in [2.45, 2.75) is 38.4 Å². The third kappa shape index (κ3) is 4.53. The van der Waals surface area contributed by atoms with Crippen LogP contribution >= 0.6 is 11.3 Å². The summed E-state index contributed by atoms with van der Waals surface area (Å²) in [5, 5.41) is 4.43. The Labute approximate surface area is 154 Å². The fraction of sp³-hybridized carbons (Fsp3) is 0.600. The Morgan fingerprint density at radius 1 is 1.24 bits per heavy atom. The number of ether oxygens (including phenoxy) is 2. The first kappa shape index (κ1) is 17.3. The van der Waals surface area contributed by atoms with Gasteiger partial charge in [0.05, 0.1) is 0 Å². The number of fused-ring (bicyclic) bond motifs is 1. The summed E-state index contributed by atoms with van der Waals surface area (Å²) in [6.07, 6.45) is 5.63. The number of aromatic nitrogens is 1. The second-order valence-electron chi connectivity index (χ2n) is 7.28. The molecule has 0 N–H and O–H groups in total. The minimum absolute atomic E-state index is 0.520. The van der Waals surface area contributed by atoms with Crippen LogP contribution in [0.2, 0.25) is 0 Å². The summed E-state index contributed by atoms with van der Waals surface area (Å²) in [7, 11) is 0. The van der Waals surface area contributed by atoms with E-state index in [4.69, 9.17) is 9.47 Å². The molecule has 0 amide bonds. The van der Waals surface area contributed by atoms with Crippen molar-refractivity contribution in [3.05, 3.63) is 46.4 Å². The molecule has 5 heteroatoms. The van der Waals surface area contributed by atoms with Crippen LogP contribution in [0.25, 0.3) is 0 Å². The lowest BCUT2D eigenvalue weighted by atomic mass is 10.0. The molecule has 0 aliphatic carbocycles. The van der Waals surface area contributed by atoms with Gasteiger partial charge in [0.1, 0.15) is 0 Å². The van der Waals surface area contributed by atoms with Crippen LogP contribution in [0.15, 0.2) is 35.2 Å². The molecule has 25 heavy (non-hydrogen) atoms. The van der Waals surface area contributed by atoms with Crippen molar-refractivity contribution in [3.63, 3.8) is 0 Å². The predicted molar refractivity (Wildman–Crippen MR) is 101 cm³/mol. The van der Waals surface area contributed by atoms with Crippen molar-refractivity contribution in [2.24, 2.45) is 5.92 Å². The molecule has 2 aromatic heterocycles. The molecular formula is C20H28N2O2S. The molecule has 2 aliphatic rings. The van der Waals surface area contributed by atoms with Gasteiger partial charge in [0.15, 0.2) is 0 Å². The molecule has 0 spiro atoms. The topological polar surface area (TPSA) is 26.6 Å². The second-order valence-corrected chi connectivity index (χ2v) is 8.06. The van der Waals surface area contributed by atoms with E-state index in [9.17, 15) is 0 Å². The monoisotopic (exact) mass is 360 g/mol. The molecule has 0 saturated carbocycles. The summed E-state index contributed by atoms with van der Waals surface area (Å²) in [5.74, 6) is 0.692. The van der Waals surface area contributed by atoms with E-state index in [-0.39, 0.29) is 0 Å². The Morgan fingerprint density at radius 2 is 2.16 bits per heavy atom. The van der Waals surface area contributed by atoms with Gasteiger partial charge in [0.25, 0.3) is 0 Å². The van der Waals surface area contributed by atoms with E-state index in [1.165, 1.54) is 11.3 Å². The highest BCUT2D eigenvalue weighted by Gasteiger charge is 2.24. The molecule has 4 nitrogen and oxygen atoms in total. The van der Waals surface area contributed by atoms with Crippen LogP contribution < -0.4 is 0 Å². The summed E-state index contributed by atoms with van der Waals surface area (Å²) < 4.78 is 13.9. The largest absolute Gasteiger partial charge is 0.381 e. The first-order chi connectivity index (χ1) is 12.4. The van der Waals surface area contributed by atoms with Gasteiger partial charge in [-0.15, -0.1) is 0 Å². The maximum atomic E-state index is 6.02. The van der Waals surface area contributed by atoms with Crippen molar-refractivity contribution in [2.75, 3.05) is 33.0 Å². The maximum Gasteiger partial charge on any atom is 0.0495 e. The number of hydrogen-bond acceptors (Lipinski definition) is 4. The van der Waals surface area contributed by atoms with Gasteiger partial charge in [0.2, 0.25) is 0 Å². The van der Waals surface area contributed by atoms with Crippen LogP contribution in [0, 0.1) is 5.92 Å². The van der Waals surface area contributed by atoms with Crippen LogP contribution in [-0.4, -0.2) is 42.4 Å². The van der Waals surface area contributed by atoms with Gasteiger partial charge in [-0.25, -0.2) is 0 Å². The number of hydrogen-bond donors (Lipinski definition) is 0. The highest BCUT2D eigenvalue weighted by molar-refractivity contribution is 7.07. The van der Waals surface area contributed by atoms with Crippen molar-refractivity contribution < 1.29 is 9.47 Å². The zero-order valence-electron chi connectivity index (χ0n) is 14.8. The zero-order chi connectivity index (χ0) is 16.9. The van der Waals surface area contributed by atoms with Crippen molar-refractivity contribution >= 4 is 11.3 Å². The Hall–Kier alpha value is -1.14. The fourth-order valence-corrected chi connectivity index (χ4v) is 4.63. The average molecular weight is 361 g/mol. The third-order valence-electron chi connectivity index (χ3n) is 5.39. The SMILES string of the molecule is c1cc2n(c1)[C@H](CCOCC1CCOCC1)CN(Cc1ccsc1)C2. The van der Waals surface area contributed by atoms with E-state index in [2.05, 4.69) is 44.6 Å². The summed E-state index contributed by atoms with van der Waals surface area (Å²) >= 11 is 1.79.